The molecule has 0 bridgehead atoms. The van der Waals surface area contributed by atoms with Crippen molar-refractivity contribution in [3.8, 4) is 22.8 Å². The second-order valence-corrected chi connectivity index (χ2v) is 7.42. The van der Waals surface area contributed by atoms with Gasteiger partial charge in [0.2, 0.25) is 0 Å². The van der Waals surface area contributed by atoms with Crippen LogP contribution in [0.5, 0.6) is 0 Å². The van der Waals surface area contributed by atoms with Gasteiger partial charge < -0.3 is 4.84 Å². The summed E-state index contributed by atoms with van der Waals surface area (Å²) >= 11 is 0. The Balaban J connectivity index is 1.35. The molecule has 3 heterocycles. The molecule has 0 N–H and O–H groups in total. The Morgan fingerprint density at radius 1 is 0.844 bits per heavy atom. The Morgan fingerprint density at radius 2 is 1.66 bits per heavy atom. The Morgan fingerprint density at radius 3 is 2.50 bits per heavy atom. The summed E-state index contributed by atoms with van der Waals surface area (Å²) in [6.45, 7) is 4.38. The zero-order chi connectivity index (χ0) is 22.2. The first-order valence-corrected chi connectivity index (χ1v) is 10.6. The van der Waals surface area contributed by atoms with Gasteiger partial charge in [0.05, 0.1) is 17.1 Å². The predicted octanol–water partition coefficient (Wildman–Crippen LogP) is 5.28. The van der Waals surface area contributed by atoms with Crippen LogP contribution in [0.1, 0.15) is 30.4 Å². The number of pyridine rings is 2. The minimum atomic E-state index is 0.515. The van der Waals surface area contributed by atoms with Gasteiger partial charge in [-0.2, -0.15) is 0 Å². The minimum Gasteiger partial charge on any atom is -0.396 e. The van der Waals surface area contributed by atoms with Crippen molar-refractivity contribution in [2.24, 2.45) is 5.16 Å². The van der Waals surface area contributed by atoms with E-state index >= 15 is 0 Å². The molecule has 0 spiro atoms. The first kappa shape index (κ1) is 21.3. The number of oxime groups is 1. The maximum Gasteiger partial charge on any atom is 0.159 e. The molecule has 1 aromatic carbocycles. The lowest BCUT2D eigenvalue weighted by molar-refractivity contribution is 0.141. The van der Waals surface area contributed by atoms with E-state index in [0.29, 0.717) is 12.4 Å². The van der Waals surface area contributed by atoms with Crippen LogP contribution in [-0.2, 0) is 11.3 Å². The topological polar surface area (TPSA) is 73.2 Å². The van der Waals surface area contributed by atoms with E-state index in [1.165, 1.54) is 0 Å². The monoisotopic (exact) mass is 423 g/mol. The van der Waals surface area contributed by atoms with Crippen LogP contribution in [0.25, 0.3) is 22.8 Å². The Hall–Kier alpha value is -3.93. The first-order chi connectivity index (χ1) is 15.7. The molecular formula is C26H25N5O. The molecule has 0 unspecified atom stereocenters. The lowest BCUT2D eigenvalue weighted by Crippen LogP contribution is -2.02. The SMILES string of the molecule is C/C(=N\OCCCc1cccc(-c2ccnc(-c3ccccc3)n2)n1)c1cccc(C)n1. The molecule has 3 aromatic heterocycles. The summed E-state index contributed by atoms with van der Waals surface area (Å²) in [7, 11) is 0. The highest BCUT2D eigenvalue weighted by molar-refractivity contribution is 5.96. The van der Waals surface area contributed by atoms with E-state index in [2.05, 4.69) is 15.1 Å². The third-order valence-corrected chi connectivity index (χ3v) is 4.89. The van der Waals surface area contributed by atoms with E-state index < -0.39 is 0 Å². The van der Waals surface area contributed by atoms with Crippen molar-refractivity contribution in [3.63, 3.8) is 0 Å². The highest BCUT2D eigenvalue weighted by atomic mass is 16.6. The quantitative estimate of drug-likeness (QED) is 0.219. The van der Waals surface area contributed by atoms with E-state index in [0.717, 1.165) is 52.6 Å². The van der Waals surface area contributed by atoms with Crippen molar-refractivity contribution in [2.75, 3.05) is 6.61 Å². The van der Waals surface area contributed by atoms with Gasteiger partial charge in [-0.1, -0.05) is 47.6 Å². The van der Waals surface area contributed by atoms with Crippen LogP contribution in [-0.4, -0.2) is 32.3 Å². The van der Waals surface area contributed by atoms with E-state index in [1.54, 1.807) is 6.20 Å². The molecule has 32 heavy (non-hydrogen) atoms. The molecule has 4 rings (SSSR count). The normalized spacial score (nSPS) is 11.4. The largest absolute Gasteiger partial charge is 0.396 e. The van der Waals surface area contributed by atoms with Crippen molar-refractivity contribution in [1.82, 2.24) is 19.9 Å². The van der Waals surface area contributed by atoms with Gasteiger partial charge in [-0.05, 0) is 57.0 Å². The second kappa shape index (κ2) is 10.4. The molecule has 0 fully saturated rings. The number of hydrogen-bond donors (Lipinski definition) is 0. The van der Waals surface area contributed by atoms with Crippen LogP contribution in [0.15, 0.2) is 84.1 Å². The zero-order valence-corrected chi connectivity index (χ0v) is 18.3. The van der Waals surface area contributed by atoms with Gasteiger partial charge in [-0.15, -0.1) is 0 Å². The molecule has 0 saturated carbocycles. The summed E-state index contributed by atoms with van der Waals surface area (Å²) in [6.07, 6.45) is 3.38. The molecule has 0 aliphatic rings. The summed E-state index contributed by atoms with van der Waals surface area (Å²) in [5.74, 6) is 0.694. The Kier molecular flexibility index (Phi) is 6.92. The van der Waals surface area contributed by atoms with Crippen molar-refractivity contribution in [1.29, 1.82) is 0 Å². The molecule has 0 aliphatic carbocycles. The van der Waals surface area contributed by atoms with E-state index in [9.17, 15) is 0 Å². The summed E-state index contributed by atoms with van der Waals surface area (Å²) in [6, 6.07) is 23.7. The van der Waals surface area contributed by atoms with Gasteiger partial charge in [0.1, 0.15) is 12.3 Å². The third kappa shape index (κ3) is 5.60. The van der Waals surface area contributed by atoms with Crippen LogP contribution < -0.4 is 0 Å². The van der Waals surface area contributed by atoms with Crippen molar-refractivity contribution in [3.05, 3.63) is 96.1 Å². The highest BCUT2D eigenvalue weighted by Gasteiger charge is 2.07. The van der Waals surface area contributed by atoms with Crippen LogP contribution in [0.2, 0.25) is 0 Å². The molecule has 0 saturated heterocycles. The molecule has 4 aromatic rings. The minimum absolute atomic E-state index is 0.515. The van der Waals surface area contributed by atoms with Gasteiger partial charge in [-0.25, -0.2) is 9.97 Å². The molecule has 0 radical (unpaired) electrons. The third-order valence-electron chi connectivity index (χ3n) is 4.89. The molecule has 0 amide bonds. The summed E-state index contributed by atoms with van der Waals surface area (Å²) in [4.78, 5) is 23.8. The number of aryl methyl sites for hydroxylation is 2. The number of benzene rings is 1. The van der Waals surface area contributed by atoms with Gasteiger partial charge >= 0.3 is 0 Å². The smallest absolute Gasteiger partial charge is 0.159 e. The first-order valence-electron chi connectivity index (χ1n) is 10.6. The lowest BCUT2D eigenvalue weighted by atomic mass is 10.1. The van der Waals surface area contributed by atoms with Crippen LogP contribution in [0, 0.1) is 6.92 Å². The average molecular weight is 424 g/mol. The van der Waals surface area contributed by atoms with Crippen molar-refractivity contribution < 1.29 is 4.84 Å². The molecular weight excluding hydrogens is 398 g/mol. The zero-order valence-electron chi connectivity index (χ0n) is 18.3. The molecule has 0 atom stereocenters. The Bertz CT molecular complexity index is 1210. The number of aromatic nitrogens is 4. The summed E-state index contributed by atoms with van der Waals surface area (Å²) in [5.41, 5.74) is 6.19. The predicted molar refractivity (Wildman–Crippen MR) is 126 cm³/mol. The molecule has 6 nitrogen and oxygen atoms in total. The molecule has 0 aliphatic heterocycles. The number of nitrogens with zero attached hydrogens (tertiary/aromatic N) is 5. The van der Waals surface area contributed by atoms with Crippen LogP contribution >= 0.6 is 0 Å². The fraction of sp³-hybridized carbons (Fsp3) is 0.192. The van der Waals surface area contributed by atoms with E-state index in [4.69, 9.17) is 14.8 Å². The van der Waals surface area contributed by atoms with Gasteiger partial charge in [0.25, 0.3) is 0 Å². The van der Waals surface area contributed by atoms with Gasteiger partial charge in [0, 0.05) is 23.1 Å². The van der Waals surface area contributed by atoms with E-state index in [-0.39, 0.29) is 0 Å². The molecule has 160 valence electrons. The number of hydrogen-bond acceptors (Lipinski definition) is 6. The summed E-state index contributed by atoms with van der Waals surface area (Å²) < 4.78 is 0. The molecule has 6 heteroatoms. The Labute approximate surface area is 188 Å². The van der Waals surface area contributed by atoms with Crippen molar-refractivity contribution in [2.45, 2.75) is 26.7 Å². The van der Waals surface area contributed by atoms with Crippen LogP contribution in [0.3, 0.4) is 0 Å². The van der Waals surface area contributed by atoms with E-state index in [1.807, 2.05) is 86.6 Å². The summed E-state index contributed by atoms with van der Waals surface area (Å²) in [5, 5.41) is 4.19. The maximum absolute atomic E-state index is 5.49. The second-order valence-electron chi connectivity index (χ2n) is 7.42. The lowest BCUT2D eigenvalue weighted by Gasteiger charge is -2.06. The highest BCUT2D eigenvalue weighted by Crippen LogP contribution is 2.19. The van der Waals surface area contributed by atoms with Crippen LogP contribution in [0.4, 0.5) is 0 Å². The number of rotatable bonds is 8. The fourth-order valence-electron chi connectivity index (χ4n) is 3.24. The van der Waals surface area contributed by atoms with Gasteiger partial charge in [-0.3, -0.25) is 9.97 Å². The maximum atomic E-state index is 5.49. The standard InChI is InChI=1S/C26H25N5O/c1-19-9-6-14-23(28-19)20(2)31-32-18-8-13-22-12-7-15-24(29-22)25-16-17-27-26(30-25)21-10-4-3-5-11-21/h3-7,9-12,14-17H,8,13,18H2,1-2H3/b31-20+. The van der Waals surface area contributed by atoms with Crippen molar-refractivity contribution >= 4 is 5.71 Å². The van der Waals surface area contributed by atoms with Gasteiger partial charge in [0.15, 0.2) is 5.82 Å². The average Bonchev–Trinajstić information content (AvgIpc) is 2.84. The fourth-order valence-corrected chi connectivity index (χ4v) is 3.24.